The van der Waals surface area contributed by atoms with Crippen molar-refractivity contribution in [3.05, 3.63) is 29.8 Å². The largest absolute Gasteiger partial charge is 0.444 e. The zero-order chi connectivity index (χ0) is 19.2. The third-order valence-electron chi connectivity index (χ3n) is 3.67. The Morgan fingerprint density at radius 1 is 1.08 bits per heavy atom. The van der Waals surface area contributed by atoms with Crippen LogP contribution in [-0.4, -0.2) is 30.1 Å². The van der Waals surface area contributed by atoms with Crippen LogP contribution in [0.2, 0.25) is 0 Å². The fraction of sp³-hybridized carbons (Fsp3) is 0.526. The van der Waals surface area contributed by atoms with Gasteiger partial charge in [-0.3, -0.25) is 9.59 Å². The quantitative estimate of drug-likeness (QED) is 0.695. The molecular weight excluding hydrogens is 334 g/mol. The van der Waals surface area contributed by atoms with E-state index in [1.807, 2.05) is 12.1 Å². The molecule has 1 aromatic rings. The molecule has 0 spiro atoms. The van der Waals surface area contributed by atoms with E-state index in [0.717, 1.165) is 18.4 Å². The lowest BCUT2D eigenvalue weighted by atomic mass is 10.2. The lowest BCUT2D eigenvalue weighted by molar-refractivity contribution is -0.122. The Kier molecular flexibility index (Phi) is 6.60. The second-order valence-electron chi connectivity index (χ2n) is 7.42. The molecule has 1 aliphatic carbocycles. The average Bonchev–Trinajstić information content (AvgIpc) is 3.37. The summed E-state index contributed by atoms with van der Waals surface area (Å²) in [6, 6.07) is 7.30. The lowest BCUT2D eigenvalue weighted by Crippen LogP contribution is -2.34. The summed E-state index contributed by atoms with van der Waals surface area (Å²) in [4.78, 5) is 35.0. The standard InChI is InChI=1S/C19H27N3O4/c1-19(2,3)26-18(25)20-11-10-16(23)22-15-8-4-13(5-9-15)12-21-17(24)14-6-7-14/h4-5,8-9,14H,6-7,10-12H2,1-3H3,(H,20,25)(H,21,24)(H,22,23). The first-order valence-corrected chi connectivity index (χ1v) is 8.86. The van der Waals surface area contributed by atoms with Crippen molar-refractivity contribution < 1.29 is 19.1 Å². The van der Waals surface area contributed by atoms with E-state index in [4.69, 9.17) is 4.74 Å². The van der Waals surface area contributed by atoms with Crippen LogP contribution in [0.3, 0.4) is 0 Å². The summed E-state index contributed by atoms with van der Waals surface area (Å²) >= 11 is 0. The Morgan fingerprint density at radius 2 is 1.73 bits per heavy atom. The SMILES string of the molecule is CC(C)(C)OC(=O)NCCC(=O)Nc1ccc(CNC(=O)C2CC2)cc1. The lowest BCUT2D eigenvalue weighted by Gasteiger charge is -2.19. The average molecular weight is 361 g/mol. The summed E-state index contributed by atoms with van der Waals surface area (Å²) in [6.45, 7) is 6.02. The number of amides is 3. The van der Waals surface area contributed by atoms with Gasteiger partial charge in [0.05, 0.1) is 0 Å². The molecule has 0 aliphatic heterocycles. The fourth-order valence-corrected chi connectivity index (χ4v) is 2.20. The van der Waals surface area contributed by atoms with Gasteiger partial charge in [-0.2, -0.15) is 0 Å². The highest BCUT2D eigenvalue weighted by molar-refractivity contribution is 5.91. The molecule has 0 bridgehead atoms. The van der Waals surface area contributed by atoms with Gasteiger partial charge in [-0.25, -0.2) is 4.79 Å². The minimum absolute atomic E-state index is 0.111. The molecule has 142 valence electrons. The molecule has 1 aromatic carbocycles. The van der Waals surface area contributed by atoms with E-state index in [0.29, 0.717) is 12.2 Å². The minimum Gasteiger partial charge on any atom is -0.444 e. The molecule has 1 aliphatic rings. The van der Waals surface area contributed by atoms with Gasteiger partial charge in [-0.05, 0) is 51.3 Å². The Balaban J connectivity index is 1.66. The number of benzene rings is 1. The van der Waals surface area contributed by atoms with Crippen LogP contribution in [0.1, 0.15) is 45.6 Å². The van der Waals surface area contributed by atoms with Crippen LogP contribution in [0.5, 0.6) is 0 Å². The summed E-state index contributed by atoms with van der Waals surface area (Å²) < 4.78 is 5.10. The highest BCUT2D eigenvalue weighted by Gasteiger charge is 2.29. The zero-order valence-corrected chi connectivity index (χ0v) is 15.6. The second kappa shape index (κ2) is 8.69. The van der Waals surface area contributed by atoms with E-state index in [1.165, 1.54) is 0 Å². The fourth-order valence-electron chi connectivity index (χ4n) is 2.20. The normalized spacial score (nSPS) is 13.7. The molecule has 0 heterocycles. The first kappa shape index (κ1) is 19.8. The predicted molar refractivity (Wildman–Crippen MR) is 98.5 cm³/mol. The van der Waals surface area contributed by atoms with Crippen molar-refractivity contribution >= 4 is 23.6 Å². The first-order valence-electron chi connectivity index (χ1n) is 8.86. The maximum Gasteiger partial charge on any atom is 0.407 e. The van der Waals surface area contributed by atoms with E-state index in [2.05, 4.69) is 16.0 Å². The van der Waals surface area contributed by atoms with Crippen molar-refractivity contribution in [2.75, 3.05) is 11.9 Å². The molecule has 26 heavy (non-hydrogen) atoms. The smallest absolute Gasteiger partial charge is 0.407 e. The third-order valence-corrected chi connectivity index (χ3v) is 3.67. The van der Waals surface area contributed by atoms with Crippen molar-refractivity contribution in [1.82, 2.24) is 10.6 Å². The van der Waals surface area contributed by atoms with Crippen molar-refractivity contribution in [2.24, 2.45) is 5.92 Å². The molecule has 2 rings (SSSR count). The Morgan fingerprint density at radius 3 is 2.31 bits per heavy atom. The highest BCUT2D eigenvalue weighted by atomic mass is 16.6. The van der Waals surface area contributed by atoms with Crippen LogP contribution < -0.4 is 16.0 Å². The number of anilines is 1. The molecule has 0 radical (unpaired) electrons. The van der Waals surface area contributed by atoms with E-state index in [-0.39, 0.29) is 30.7 Å². The Hall–Kier alpha value is -2.57. The van der Waals surface area contributed by atoms with Crippen LogP contribution in [-0.2, 0) is 20.9 Å². The molecule has 7 heteroatoms. The topological polar surface area (TPSA) is 96.5 Å². The second-order valence-corrected chi connectivity index (χ2v) is 7.42. The number of hydrogen-bond donors (Lipinski definition) is 3. The van der Waals surface area contributed by atoms with Crippen molar-refractivity contribution in [1.29, 1.82) is 0 Å². The van der Waals surface area contributed by atoms with Gasteiger partial charge in [-0.15, -0.1) is 0 Å². The minimum atomic E-state index is -0.563. The first-order chi connectivity index (χ1) is 12.2. The molecular formula is C19H27N3O4. The van der Waals surface area contributed by atoms with E-state index < -0.39 is 11.7 Å². The van der Waals surface area contributed by atoms with Gasteiger partial charge >= 0.3 is 6.09 Å². The van der Waals surface area contributed by atoms with E-state index >= 15 is 0 Å². The predicted octanol–water partition coefficient (Wildman–Crippen LogP) is 2.57. The number of carbonyl (C=O) groups excluding carboxylic acids is 3. The molecule has 0 saturated heterocycles. The highest BCUT2D eigenvalue weighted by Crippen LogP contribution is 2.28. The number of rotatable bonds is 7. The monoisotopic (exact) mass is 361 g/mol. The van der Waals surface area contributed by atoms with Crippen LogP contribution in [0.4, 0.5) is 10.5 Å². The molecule has 0 unspecified atom stereocenters. The van der Waals surface area contributed by atoms with Crippen LogP contribution in [0.25, 0.3) is 0 Å². The number of ether oxygens (including phenoxy) is 1. The number of nitrogens with one attached hydrogen (secondary N) is 3. The molecule has 3 amide bonds. The maximum absolute atomic E-state index is 11.9. The summed E-state index contributed by atoms with van der Waals surface area (Å²) in [6.07, 6.45) is 1.58. The van der Waals surface area contributed by atoms with Gasteiger partial charge in [0.15, 0.2) is 0 Å². The number of alkyl carbamates (subject to hydrolysis) is 1. The molecule has 7 nitrogen and oxygen atoms in total. The van der Waals surface area contributed by atoms with E-state index in [9.17, 15) is 14.4 Å². The molecule has 1 saturated carbocycles. The van der Waals surface area contributed by atoms with Crippen LogP contribution >= 0.6 is 0 Å². The molecule has 0 aromatic heterocycles. The van der Waals surface area contributed by atoms with Gasteiger partial charge in [0, 0.05) is 31.1 Å². The third kappa shape index (κ3) is 7.55. The summed E-state index contributed by atoms with van der Waals surface area (Å²) in [5, 5.41) is 8.21. The van der Waals surface area contributed by atoms with Crippen LogP contribution in [0.15, 0.2) is 24.3 Å². The zero-order valence-electron chi connectivity index (χ0n) is 15.6. The van der Waals surface area contributed by atoms with Gasteiger partial charge in [-0.1, -0.05) is 12.1 Å². The molecule has 3 N–H and O–H groups in total. The number of hydrogen-bond acceptors (Lipinski definition) is 4. The van der Waals surface area contributed by atoms with Gasteiger partial charge in [0.1, 0.15) is 5.60 Å². The summed E-state index contributed by atoms with van der Waals surface area (Å²) in [7, 11) is 0. The van der Waals surface area contributed by atoms with Crippen LogP contribution in [0, 0.1) is 5.92 Å². The Bertz CT molecular complexity index is 646. The van der Waals surface area contributed by atoms with Gasteiger partial charge in [0.25, 0.3) is 0 Å². The summed E-state index contributed by atoms with van der Waals surface area (Å²) in [5.41, 5.74) is 1.08. The number of carbonyl (C=O) groups is 3. The summed E-state index contributed by atoms with van der Waals surface area (Å²) in [5.74, 6) is 0.110. The van der Waals surface area contributed by atoms with Crippen molar-refractivity contribution in [2.45, 2.75) is 52.2 Å². The molecule has 1 fully saturated rings. The van der Waals surface area contributed by atoms with Crippen molar-refractivity contribution in [3.63, 3.8) is 0 Å². The van der Waals surface area contributed by atoms with E-state index in [1.54, 1.807) is 32.9 Å². The maximum atomic E-state index is 11.9. The molecule has 0 atom stereocenters. The van der Waals surface area contributed by atoms with Gasteiger partial charge < -0.3 is 20.7 Å². The van der Waals surface area contributed by atoms with Crippen molar-refractivity contribution in [3.8, 4) is 0 Å². The Labute approximate surface area is 153 Å². The van der Waals surface area contributed by atoms with Gasteiger partial charge in [0.2, 0.25) is 11.8 Å².